The minimum atomic E-state index is 0.575. The van der Waals surface area contributed by atoms with Gasteiger partial charge < -0.3 is 10.6 Å². The molecule has 1 aromatic carbocycles. The molecule has 1 aliphatic carbocycles. The molecule has 0 bridgehead atoms. The maximum absolute atomic E-state index is 5.68. The Labute approximate surface area is 85.7 Å². The fraction of sp³-hybridized carbons (Fsp3) is 0.500. The van der Waals surface area contributed by atoms with E-state index in [0.717, 1.165) is 11.7 Å². The van der Waals surface area contributed by atoms with Crippen molar-refractivity contribution >= 4 is 11.4 Å². The number of nitrogen functional groups attached to an aromatic ring is 1. The number of nitrogens with zero attached hydrogens (tertiary/aromatic N) is 1. The van der Waals surface area contributed by atoms with Gasteiger partial charge in [0.1, 0.15) is 0 Å². The summed E-state index contributed by atoms with van der Waals surface area (Å²) in [5, 5.41) is 0. The lowest BCUT2D eigenvalue weighted by molar-refractivity contribution is 0.679. The molecule has 0 saturated heterocycles. The van der Waals surface area contributed by atoms with Gasteiger partial charge in [0.05, 0.1) is 0 Å². The summed E-state index contributed by atoms with van der Waals surface area (Å²) in [4.78, 5) is 2.49. The molecule has 0 aromatic heterocycles. The van der Waals surface area contributed by atoms with Crippen LogP contribution in [-0.4, -0.2) is 12.1 Å². The summed E-state index contributed by atoms with van der Waals surface area (Å²) in [7, 11) is 0. The first-order valence-electron chi connectivity index (χ1n) is 5.32. The van der Waals surface area contributed by atoms with E-state index in [2.05, 4.69) is 30.9 Å². The second-order valence-corrected chi connectivity index (χ2v) is 4.32. The summed E-state index contributed by atoms with van der Waals surface area (Å²) in [6, 6.07) is 9.53. The van der Waals surface area contributed by atoms with Crippen molar-refractivity contribution in [1.29, 1.82) is 0 Å². The number of benzene rings is 1. The molecule has 14 heavy (non-hydrogen) atoms. The van der Waals surface area contributed by atoms with Crippen LogP contribution < -0.4 is 10.6 Å². The summed E-state index contributed by atoms with van der Waals surface area (Å²) < 4.78 is 0. The largest absolute Gasteiger partial charge is 0.399 e. The molecule has 1 saturated carbocycles. The molecular weight excluding hydrogens is 172 g/mol. The van der Waals surface area contributed by atoms with E-state index in [9.17, 15) is 0 Å². The average Bonchev–Trinajstić information content (AvgIpc) is 2.92. The van der Waals surface area contributed by atoms with Crippen molar-refractivity contribution in [2.45, 2.75) is 38.8 Å². The van der Waals surface area contributed by atoms with Crippen LogP contribution in [0.25, 0.3) is 0 Å². The molecule has 1 fully saturated rings. The van der Waals surface area contributed by atoms with Gasteiger partial charge in [-0.2, -0.15) is 0 Å². The molecule has 0 radical (unpaired) electrons. The fourth-order valence-corrected chi connectivity index (χ4v) is 1.93. The molecule has 2 N–H and O–H groups in total. The summed E-state index contributed by atoms with van der Waals surface area (Å²) in [6.45, 7) is 4.49. The highest BCUT2D eigenvalue weighted by molar-refractivity contribution is 5.55. The first kappa shape index (κ1) is 9.38. The van der Waals surface area contributed by atoms with Crippen molar-refractivity contribution in [1.82, 2.24) is 0 Å². The summed E-state index contributed by atoms with van der Waals surface area (Å²) in [6.07, 6.45) is 2.67. The van der Waals surface area contributed by atoms with Crippen LogP contribution in [0.4, 0.5) is 11.4 Å². The van der Waals surface area contributed by atoms with Crippen molar-refractivity contribution in [3.63, 3.8) is 0 Å². The zero-order valence-electron chi connectivity index (χ0n) is 8.90. The maximum atomic E-state index is 5.68. The lowest BCUT2D eigenvalue weighted by Crippen LogP contribution is -2.32. The van der Waals surface area contributed by atoms with Crippen LogP contribution in [0, 0.1) is 0 Å². The quantitative estimate of drug-likeness (QED) is 0.742. The van der Waals surface area contributed by atoms with Crippen molar-refractivity contribution in [3.05, 3.63) is 24.3 Å². The first-order chi connectivity index (χ1) is 6.68. The second-order valence-electron chi connectivity index (χ2n) is 4.32. The average molecular weight is 190 g/mol. The Kier molecular flexibility index (Phi) is 2.36. The summed E-state index contributed by atoms with van der Waals surface area (Å²) in [5.74, 6) is 0. The predicted octanol–water partition coefficient (Wildman–Crippen LogP) is 2.65. The zero-order valence-corrected chi connectivity index (χ0v) is 8.90. The Bertz CT molecular complexity index is 297. The van der Waals surface area contributed by atoms with Crippen molar-refractivity contribution in [2.24, 2.45) is 0 Å². The Morgan fingerprint density at radius 1 is 1.21 bits per heavy atom. The second kappa shape index (κ2) is 3.52. The van der Waals surface area contributed by atoms with E-state index >= 15 is 0 Å². The van der Waals surface area contributed by atoms with Gasteiger partial charge >= 0.3 is 0 Å². The fourth-order valence-electron chi connectivity index (χ4n) is 1.93. The van der Waals surface area contributed by atoms with Crippen LogP contribution in [0.1, 0.15) is 26.7 Å². The molecule has 76 valence electrons. The molecular formula is C12H18N2. The molecule has 2 nitrogen and oxygen atoms in total. The van der Waals surface area contributed by atoms with Crippen LogP contribution in [0.5, 0.6) is 0 Å². The van der Waals surface area contributed by atoms with Crippen LogP contribution in [0.2, 0.25) is 0 Å². The summed E-state index contributed by atoms with van der Waals surface area (Å²) >= 11 is 0. The predicted molar refractivity (Wildman–Crippen MR) is 61.5 cm³/mol. The van der Waals surface area contributed by atoms with E-state index in [1.807, 2.05) is 12.1 Å². The normalized spacial score (nSPS) is 15.9. The molecule has 0 spiro atoms. The highest BCUT2D eigenvalue weighted by atomic mass is 15.2. The van der Waals surface area contributed by atoms with E-state index in [1.54, 1.807) is 0 Å². The van der Waals surface area contributed by atoms with E-state index in [4.69, 9.17) is 5.73 Å². The van der Waals surface area contributed by atoms with Crippen LogP contribution >= 0.6 is 0 Å². The minimum Gasteiger partial charge on any atom is -0.399 e. The Balaban J connectivity index is 2.21. The smallest absolute Gasteiger partial charge is 0.0372 e. The lowest BCUT2D eigenvalue weighted by Gasteiger charge is -2.29. The molecule has 0 aliphatic heterocycles. The van der Waals surface area contributed by atoms with Gasteiger partial charge in [-0.1, -0.05) is 0 Å². The van der Waals surface area contributed by atoms with Crippen LogP contribution in [0.3, 0.4) is 0 Å². The zero-order chi connectivity index (χ0) is 10.1. The highest BCUT2D eigenvalue weighted by Crippen LogP contribution is 2.33. The van der Waals surface area contributed by atoms with Gasteiger partial charge in [0.25, 0.3) is 0 Å². The lowest BCUT2D eigenvalue weighted by atomic mass is 10.2. The molecule has 0 amide bonds. The van der Waals surface area contributed by atoms with Crippen molar-refractivity contribution in [3.8, 4) is 0 Å². The van der Waals surface area contributed by atoms with E-state index in [0.29, 0.717) is 6.04 Å². The SMILES string of the molecule is CC(C)N(c1ccc(N)cc1)C1CC1. The van der Waals surface area contributed by atoms with E-state index in [-0.39, 0.29) is 0 Å². The van der Waals surface area contributed by atoms with Gasteiger partial charge in [-0.15, -0.1) is 0 Å². The van der Waals surface area contributed by atoms with E-state index < -0.39 is 0 Å². The standard InChI is InChI=1S/C12H18N2/c1-9(2)14(12-7-8-12)11-5-3-10(13)4-6-11/h3-6,9,12H,7-8,13H2,1-2H3. The molecule has 2 heteroatoms. The number of anilines is 2. The van der Waals surface area contributed by atoms with Gasteiger partial charge in [0, 0.05) is 23.5 Å². The molecule has 0 heterocycles. The number of rotatable bonds is 3. The molecule has 0 atom stereocenters. The Morgan fingerprint density at radius 3 is 2.21 bits per heavy atom. The van der Waals surface area contributed by atoms with Crippen LogP contribution in [0.15, 0.2) is 24.3 Å². The van der Waals surface area contributed by atoms with Crippen molar-refractivity contribution in [2.75, 3.05) is 10.6 Å². The van der Waals surface area contributed by atoms with Gasteiger partial charge in [-0.3, -0.25) is 0 Å². The molecule has 1 aliphatic rings. The van der Waals surface area contributed by atoms with Gasteiger partial charge in [-0.05, 0) is 51.0 Å². The molecule has 0 unspecified atom stereocenters. The highest BCUT2D eigenvalue weighted by Gasteiger charge is 2.30. The van der Waals surface area contributed by atoms with Gasteiger partial charge in [-0.25, -0.2) is 0 Å². The number of hydrogen-bond donors (Lipinski definition) is 1. The third kappa shape index (κ3) is 1.84. The Morgan fingerprint density at radius 2 is 1.79 bits per heavy atom. The monoisotopic (exact) mass is 190 g/mol. The number of nitrogens with two attached hydrogens (primary N) is 1. The first-order valence-corrected chi connectivity index (χ1v) is 5.32. The minimum absolute atomic E-state index is 0.575. The van der Waals surface area contributed by atoms with Gasteiger partial charge in [0.2, 0.25) is 0 Å². The van der Waals surface area contributed by atoms with Gasteiger partial charge in [0.15, 0.2) is 0 Å². The maximum Gasteiger partial charge on any atom is 0.0372 e. The third-order valence-corrected chi connectivity index (χ3v) is 2.69. The topological polar surface area (TPSA) is 29.3 Å². The van der Waals surface area contributed by atoms with Crippen molar-refractivity contribution < 1.29 is 0 Å². The summed E-state index contributed by atoms with van der Waals surface area (Å²) in [5.41, 5.74) is 7.82. The molecule has 2 rings (SSSR count). The Hall–Kier alpha value is -1.18. The third-order valence-electron chi connectivity index (χ3n) is 2.69. The number of hydrogen-bond acceptors (Lipinski definition) is 2. The van der Waals surface area contributed by atoms with E-state index in [1.165, 1.54) is 18.5 Å². The molecule has 1 aromatic rings. The van der Waals surface area contributed by atoms with Crippen LogP contribution in [-0.2, 0) is 0 Å².